The van der Waals surface area contributed by atoms with E-state index in [2.05, 4.69) is 10.5 Å². The van der Waals surface area contributed by atoms with Crippen LogP contribution in [0.25, 0.3) is 12.3 Å². The molecule has 6 nitrogen and oxygen atoms in total. The van der Waals surface area contributed by atoms with Gasteiger partial charge in [0.25, 0.3) is 5.91 Å². The topological polar surface area (TPSA) is 73.5 Å². The van der Waals surface area contributed by atoms with Gasteiger partial charge in [-0.05, 0) is 42.3 Å². The van der Waals surface area contributed by atoms with E-state index in [1.165, 1.54) is 11.1 Å². The third-order valence-electron chi connectivity index (χ3n) is 3.27. The first-order chi connectivity index (χ1) is 11.5. The van der Waals surface area contributed by atoms with Gasteiger partial charge in [0, 0.05) is 26.5 Å². The van der Waals surface area contributed by atoms with Crippen LogP contribution in [-0.2, 0) is 4.79 Å². The fourth-order valence-electron chi connectivity index (χ4n) is 1.86. The number of aryl methyl sites for hydroxylation is 1. The lowest BCUT2D eigenvalue weighted by Crippen LogP contribution is -2.22. The van der Waals surface area contributed by atoms with E-state index in [9.17, 15) is 4.79 Å². The molecule has 0 radical (unpaired) electrons. The monoisotopic (exact) mass is 323 g/mol. The van der Waals surface area contributed by atoms with Gasteiger partial charge < -0.3 is 9.47 Å². The smallest absolute Gasteiger partial charge is 0.266 e. The lowest BCUT2D eigenvalue weighted by atomic mass is 10.2. The lowest BCUT2D eigenvalue weighted by Gasteiger charge is -2.05. The van der Waals surface area contributed by atoms with E-state index in [1.54, 1.807) is 24.7 Å². The fraction of sp³-hybridized carbons (Fsp3) is 0.167. The number of hydrogen-bond acceptors (Lipinski definition) is 4. The molecule has 2 aromatic rings. The summed E-state index contributed by atoms with van der Waals surface area (Å²) in [7, 11) is 3.34. The number of rotatable bonds is 5. The van der Waals surface area contributed by atoms with Crippen molar-refractivity contribution in [1.29, 1.82) is 5.41 Å². The van der Waals surface area contributed by atoms with E-state index < -0.39 is 0 Å². The molecule has 0 bridgehead atoms. The van der Waals surface area contributed by atoms with Crippen LogP contribution in [-0.4, -0.2) is 35.7 Å². The number of nitrogens with zero attached hydrogens (tertiary/aromatic N) is 3. The SMILES string of the molecule is Cc1ccc(=N)n(/C=C/c2ccc(NN=CC(=O)N(C)C)cc2)c1. The third kappa shape index (κ3) is 4.95. The minimum atomic E-state index is -0.177. The molecule has 2 N–H and O–H groups in total. The molecule has 1 heterocycles. The Labute approximate surface area is 141 Å². The molecule has 124 valence electrons. The Bertz CT molecular complexity index is 816. The molecule has 0 unspecified atom stereocenters. The van der Waals surface area contributed by atoms with E-state index in [1.807, 2.05) is 55.7 Å². The number of aromatic nitrogens is 1. The Hall–Kier alpha value is -3.15. The van der Waals surface area contributed by atoms with Gasteiger partial charge in [0.2, 0.25) is 0 Å². The summed E-state index contributed by atoms with van der Waals surface area (Å²) in [5, 5.41) is 11.8. The molecule has 0 spiro atoms. The Kier molecular flexibility index (Phi) is 5.68. The number of benzene rings is 1. The Morgan fingerprint density at radius 3 is 2.58 bits per heavy atom. The van der Waals surface area contributed by atoms with Gasteiger partial charge in [0.05, 0.1) is 5.69 Å². The van der Waals surface area contributed by atoms with Crippen molar-refractivity contribution in [2.75, 3.05) is 19.5 Å². The van der Waals surface area contributed by atoms with Crippen LogP contribution >= 0.6 is 0 Å². The molecule has 0 atom stereocenters. The van der Waals surface area contributed by atoms with Crippen molar-refractivity contribution >= 4 is 30.1 Å². The summed E-state index contributed by atoms with van der Waals surface area (Å²) < 4.78 is 1.76. The third-order valence-corrected chi connectivity index (χ3v) is 3.27. The first-order valence-corrected chi connectivity index (χ1v) is 7.48. The average molecular weight is 323 g/mol. The summed E-state index contributed by atoms with van der Waals surface area (Å²) in [6.07, 6.45) is 6.93. The number of carbonyl (C=O) groups excluding carboxylic acids is 1. The molecule has 0 aliphatic heterocycles. The first-order valence-electron chi connectivity index (χ1n) is 7.48. The molecule has 0 saturated heterocycles. The van der Waals surface area contributed by atoms with Crippen molar-refractivity contribution in [3.05, 3.63) is 59.2 Å². The first kappa shape index (κ1) is 17.2. The van der Waals surface area contributed by atoms with Gasteiger partial charge >= 0.3 is 0 Å². The number of hydrazone groups is 1. The summed E-state index contributed by atoms with van der Waals surface area (Å²) in [5.74, 6) is -0.177. The zero-order chi connectivity index (χ0) is 17.5. The Balaban J connectivity index is 2.02. The van der Waals surface area contributed by atoms with Crippen LogP contribution in [0.1, 0.15) is 11.1 Å². The van der Waals surface area contributed by atoms with Crippen molar-refractivity contribution in [1.82, 2.24) is 9.47 Å². The molecule has 1 aromatic carbocycles. The van der Waals surface area contributed by atoms with Crippen molar-refractivity contribution in [3.8, 4) is 0 Å². The molecule has 1 amide bonds. The van der Waals surface area contributed by atoms with Gasteiger partial charge in [-0.1, -0.05) is 18.2 Å². The van der Waals surface area contributed by atoms with Crippen LogP contribution in [0.2, 0.25) is 0 Å². The highest BCUT2D eigenvalue weighted by Crippen LogP contribution is 2.11. The number of pyridine rings is 1. The number of carbonyl (C=O) groups is 1. The highest BCUT2D eigenvalue weighted by molar-refractivity contribution is 6.26. The Morgan fingerprint density at radius 2 is 1.92 bits per heavy atom. The van der Waals surface area contributed by atoms with Crippen LogP contribution in [0.3, 0.4) is 0 Å². The predicted octanol–water partition coefficient (Wildman–Crippen LogP) is 2.39. The largest absolute Gasteiger partial charge is 0.344 e. The highest BCUT2D eigenvalue weighted by atomic mass is 16.2. The summed E-state index contributed by atoms with van der Waals surface area (Å²) in [4.78, 5) is 12.8. The summed E-state index contributed by atoms with van der Waals surface area (Å²) in [6, 6.07) is 11.3. The van der Waals surface area contributed by atoms with Gasteiger partial charge in [0.1, 0.15) is 11.7 Å². The zero-order valence-corrected chi connectivity index (χ0v) is 14.0. The van der Waals surface area contributed by atoms with Crippen LogP contribution in [0.5, 0.6) is 0 Å². The molecule has 0 fully saturated rings. The van der Waals surface area contributed by atoms with E-state index in [0.29, 0.717) is 5.49 Å². The molecule has 0 aliphatic carbocycles. The molecule has 6 heteroatoms. The van der Waals surface area contributed by atoms with Gasteiger partial charge in [0.15, 0.2) is 0 Å². The van der Waals surface area contributed by atoms with Crippen LogP contribution in [0.15, 0.2) is 47.7 Å². The Morgan fingerprint density at radius 1 is 1.21 bits per heavy atom. The lowest BCUT2D eigenvalue weighted by molar-refractivity contribution is -0.121. The van der Waals surface area contributed by atoms with E-state index >= 15 is 0 Å². The van der Waals surface area contributed by atoms with Gasteiger partial charge in [-0.2, -0.15) is 5.10 Å². The summed E-state index contributed by atoms with van der Waals surface area (Å²) >= 11 is 0. The fourth-order valence-corrected chi connectivity index (χ4v) is 1.86. The maximum Gasteiger partial charge on any atom is 0.266 e. The molecule has 0 aliphatic rings. The van der Waals surface area contributed by atoms with Crippen LogP contribution in [0, 0.1) is 12.3 Å². The average Bonchev–Trinajstić information content (AvgIpc) is 2.56. The standard InChI is InChI=1S/C18H21N5O/c1-14-4-9-17(19)23(13-14)11-10-15-5-7-16(8-6-15)21-20-12-18(24)22(2)3/h4-13,19,21H,1-3H3/b11-10+,19-17?,20-12?. The number of anilines is 1. The minimum absolute atomic E-state index is 0.177. The van der Waals surface area contributed by atoms with Gasteiger partial charge in [-0.3, -0.25) is 15.6 Å². The number of amides is 1. The van der Waals surface area contributed by atoms with E-state index in [4.69, 9.17) is 5.41 Å². The number of hydrogen-bond donors (Lipinski definition) is 2. The second kappa shape index (κ2) is 7.92. The summed E-state index contributed by atoms with van der Waals surface area (Å²) in [5.41, 5.74) is 6.13. The molecule has 1 aromatic heterocycles. The van der Waals surface area contributed by atoms with Crippen molar-refractivity contribution in [2.24, 2.45) is 5.10 Å². The quantitative estimate of drug-likeness (QED) is 0.655. The molecule has 24 heavy (non-hydrogen) atoms. The summed E-state index contributed by atoms with van der Waals surface area (Å²) in [6.45, 7) is 1.99. The molecule has 0 saturated carbocycles. The molecular formula is C18H21N5O. The van der Waals surface area contributed by atoms with E-state index in [-0.39, 0.29) is 5.91 Å². The normalized spacial score (nSPS) is 11.1. The van der Waals surface area contributed by atoms with Gasteiger partial charge in [-0.15, -0.1) is 0 Å². The van der Waals surface area contributed by atoms with Crippen molar-refractivity contribution in [2.45, 2.75) is 6.92 Å². The maximum atomic E-state index is 11.4. The van der Waals surface area contributed by atoms with Crippen LogP contribution in [0.4, 0.5) is 5.69 Å². The number of nitrogens with one attached hydrogen (secondary N) is 2. The van der Waals surface area contributed by atoms with Crippen molar-refractivity contribution < 1.29 is 4.79 Å². The molecular weight excluding hydrogens is 302 g/mol. The predicted molar refractivity (Wildman–Crippen MR) is 97.5 cm³/mol. The molecule has 2 rings (SSSR count). The van der Waals surface area contributed by atoms with Crippen LogP contribution < -0.4 is 10.9 Å². The zero-order valence-electron chi connectivity index (χ0n) is 14.0. The maximum absolute atomic E-state index is 11.4. The highest BCUT2D eigenvalue weighted by Gasteiger charge is 1.97. The van der Waals surface area contributed by atoms with Crippen molar-refractivity contribution in [3.63, 3.8) is 0 Å². The van der Waals surface area contributed by atoms with Gasteiger partial charge in [-0.25, -0.2) is 0 Å². The van der Waals surface area contributed by atoms with E-state index in [0.717, 1.165) is 16.8 Å². The second-order valence-corrected chi connectivity index (χ2v) is 5.54. The minimum Gasteiger partial charge on any atom is -0.344 e. The second-order valence-electron chi connectivity index (χ2n) is 5.54.